The van der Waals surface area contributed by atoms with Crippen LogP contribution in [-0.2, 0) is 4.79 Å². The van der Waals surface area contributed by atoms with Crippen molar-refractivity contribution in [3.63, 3.8) is 0 Å². The summed E-state index contributed by atoms with van der Waals surface area (Å²) in [4.78, 5) is 15.4. The van der Waals surface area contributed by atoms with E-state index in [-0.39, 0.29) is 12.5 Å². The minimum absolute atomic E-state index is 0.151. The molecular formula is C13H11FN2O2. The molecule has 92 valence electrons. The Bertz CT molecular complexity index is 532. The number of hydrogen-bond acceptors (Lipinski definition) is 3. The van der Waals surface area contributed by atoms with Crippen LogP contribution in [0.5, 0.6) is 5.75 Å². The Morgan fingerprint density at radius 2 is 2.22 bits per heavy atom. The molecule has 0 aliphatic carbocycles. The van der Waals surface area contributed by atoms with Crippen molar-refractivity contribution >= 4 is 11.6 Å². The van der Waals surface area contributed by atoms with Gasteiger partial charge in [0.2, 0.25) is 0 Å². The van der Waals surface area contributed by atoms with E-state index in [9.17, 15) is 9.18 Å². The van der Waals surface area contributed by atoms with Crippen LogP contribution < -0.4 is 10.1 Å². The fourth-order valence-corrected chi connectivity index (χ4v) is 1.34. The molecule has 1 heterocycles. The van der Waals surface area contributed by atoms with Crippen molar-refractivity contribution in [3.8, 4) is 5.75 Å². The Morgan fingerprint density at radius 1 is 1.33 bits per heavy atom. The third kappa shape index (κ3) is 3.55. The number of halogens is 1. The zero-order valence-corrected chi connectivity index (χ0v) is 9.47. The second-order valence-corrected chi connectivity index (χ2v) is 3.54. The van der Waals surface area contributed by atoms with E-state index in [0.29, 0.717) is 11.4 Å². The molecule has 1 N–H and O–H groups in total. The van der Waals surface area contributed by atoms with Gasteiger partial charge in [0.05, 0.1) is 6.20 Å². The van der Waals surface area contributed by atoms with Crippen LogP contribution in [0.25, 0.3) is 0 Å². The summed E-state index contributed by atoms with van der Waals surface area (Å²) in [7, 11) is 0. The minimum atomic E-state index is -0.402. The summed E-state index contributed by atoms with van der Waals surface area (Å²) in [6.07, 6.45) is 3.12. The molecule has 2 rings (SSSR count). The van der Waals surface area contributed by atoms with E-state index in [1.807, 2.05) is 0 Å². The highest BCUT2D eigenvalue weighted by molar-refractivity contribution is 5.91. The zero-order valence-electron chi connectivity index (χ0n) is 9.47. The van der Waals surface area contributed by atoms with Crippen molar-refractivity contribution < 1.29 is 13.9 Å². The standard InChI is InChI=1S/C13H11FN2O2/c14-10-3-1-4-11(7-10)16-13(17)9-18-12-5-2-6-15-8-12/h1-8H,9H2,(H,16,17). The first-order chi connectivity index (χ1) is 8.74. The van der Waals surface area contributed by atoms with Crippen molar-refractivity contribution in [2.75, 3.05) is 11.9 Å². The first kappa shape index (κ1) is 12.0. The van der Waals surface area contributed by atoms with Gasteiger partial charge in [0.25, 0.3) is 5.91 Å². The fraction of sp³-hybridized carbons (Fsp3) is 0.0769. The number of carbonyl (C=O) groups excluding carboxylic acids is 1. The molecule has 0 saturated carbocycles. The largest absolute Gasteiger partial charge is 0.482 e. The molecule has 1 aromatic heterocycles. The highest BCUT2D eigenvalue weighted by atomic mass is 19.1. The molecule has 1 amide bonds. The van der Waals surface area contributed by atoms with Crippen molar-refractivity contribution in [2.24, 2.45) is 0 Å². The first-order valence-electron chi connectivity index (χ1n) is 5.32. The van der Waals surface area contributed by atoms with Gasteiger partial charge >= 0.3 is 0 Å². The van der Waals surface area contributed by atoms with Crippen LogP contribution in [0.4, 0.5) is 10.1 Å². The van der Waals surface area contributed by atoms with Gasteiger partial charge in [-0.25, -0.2) is 4.39 Å². The van der Waals surface area contributed by atoms with Crippen LogP contribution in [0.3, 0.4) is 0 Å². The lowest BCUT2D eigenvalue weighted by atomic mass is 10.3. The smallest absolute Gasteiger partial charge is 0.262 e. The second kappa shape index (κ2) is 5.77. The number of nitrogens with zero attached hydrogens (tertiary/aromatic N) is 1. The van der Waals surface area contributed by atoms with E-state index in [1.165, 1.54) is 24.4 Å². The summed E-state index contributed by atoms with van der Waals surface area (Å²) in [5.41, 5.74) is 0.398. The summed E-state index contributed by atoms with van der Waals surface area (Å²) < 4.78 is 18.1. The predicted octanol–water partition coefficient (Wildman–Crippen LogP) is 2.24. The summed E-state index contributed by atoms with van der Waals surface area (Å²) in [5, 5.41) is 2.53. The molecule has 0 saturated heterocycles. The molecule has 0 aliphatic heterocycles. The number of aromatic nitrogens is 1. The molecule has 0 radical (unpaired) electrons. The van der Waals surface area contributed by atoms with E-state index in [2.05, 4.69) is 10.3 Å². The Balaban J connectivity index is 1.86. The Hall–Kier alpha value is -2.43. The van der Waals surface area contributed by atoms with Crippen LogP contribution in [-0.4, -0.2) is 17.5 Å². The predicted molar refractivity (Wildman–Crippen MR) is 64.8 cm³/mol. The lowest BCUT2D eigenvalue weighted by Crippen LogP contribution is -2.20. The van der Waals surface area contributed by atoms with E-state index < -0.39 is 5.82 Å². The summed E-state index contributed by atoms with van der Waals surface area (Å²) in [6.45, 7) is -0.151. The van der Waals surface area contributed by atoms with Crippen LogP contribution in [0, 0.1) is 5.82 Å². The number of rotatable bonds is 4. The zero-order chi connectivity index (χ0) is 12.8. The van der Waals surface area contributed by atoms with Gasteiger partial charge in [-0.3, -0.25) is 9.78 Å². The molecule has 1 aromatic carbocycles. The highest BCUT2D eigenvalue weighted by Gasteiger charge is 2.04. The van der Waals surface area contributed by atoms with Gasteiger partial charge in [0, 0.05) is 11.9 Å². The van der Waals surface area contributed by atoms with Crippen LogP contribution in [0.15, 0.2) is 48.8 Å². The molecule has 0 spiro atoms. The molecule has 0 unspecified atom stereocenters. The summed E-state index contributed by atoms with van der Waals surface area (Å²) >= 11 is 0. The topological polar surface area (TPSA) is 51.2 Å². The van der Waals surface area contributed by atoms with Crippen LogP contribution >= 0.6 is 0 Å². The molecule has 0 aliphatic rings. The number of ether oxygens (including phenoxy) is 1. The van der Waals surface area contributed by atoms with Gasteiger partial charge in [0.15, 0.2) is 6.61 Å². The summed E-state index contributed by atoms with van der Waals surface area (Å²) in [5.74, 6) is -0.252. The number of amides is 1. The third-order valence-corrected chi connectivity index (χ3v) is 2.11. The fourth-order valence-electron chi connectivity index (χ4n) is 1.34. The van der Waals surface area contributed by atoms with E-state index in [4.69, 9.17) is 4.74 Å². The molecule has 5 heteroatoms. The lowest BCUT2D eigenvalue weighted by molar-refractivity contribution is -0.118. The minimum Gasteiger partial charge on any atom is -0.482 e. The van der Waals surface area contributed by atoms with Gasteiger partial charge < -0.3 is 10.1 Å². The van der Waals surface area contributed by atoms with Gasteiger partial charge in [0.1, 0.15) is 11.6 Å². The van der Waals surface area contributed by atoms with E-state index in [1.54, 1.807) is 24.4 Å². The number of hydrogen-bond donors (Lipinski definition) is 1. The van der Waals surface area contributed by atoms with Crippen molar-refractivity contribution in [3.05, 3.63) is 54.6 Å². The molecule has 18 heavy (non-hydrogen) atoms. The maximum atomic E-state index is 12.9. The molecule has 2 aromatic rings. The Labute approximate surface area is 103 Å². The Morgan fingerprint density at radius 3 is 2.94 bits per heavy atom. The van der Waals surface area contributed by atoms with Crippen molar-refractivity contribution in [1.82, 2.24) is 4.98 Å². The van der Waals surface area contributed by atoms with Crippen LogP contribution in [0.2, 0.25) is 0 Å². The molecular weight excluding hydrogens is 235 g/mol. The molecule has 0 fully saturated rings. The van der Waals surface area contributed by atoms with Gasteiger partial charge in [-0.15, -0.1) is 0 Å². The van der Waals surface area contributed by atoms with Crippen molar-refractivity contribution in [1.29, 1.82) is 0 Å². The number of nitrogens with one attached hydrogen (secondary N) is 1. The van der Waals surface area contributed by atoms with E-state index >= 15 is 0 Å². The monoisotopic (exact) mass is 246 g/mol. The molecule has 0 atom stereocenters. The second-order valence-electron chi connectivity index (χ2n) is 3.54. The molecule has 4 nitrogen and oxygen atoms in total. The number of carbonyl (C=O) groups is 1. The van der Waals surface area contributed by atoms with Gasteiger partial charge in [-0.05, 0) is 30.3 Å². The van der Waals surface area contributed by atoms with Crippen LogP contribution in [0.1, 0.15) is 0 Å². The SMILES string of the molecule is O=C(COc1cccnc1)Nc1cccc(F)c1. The molecule has 0 bridgehead atoms. The highest BCUT2D eigenvalue weighted by Crippen LogP contribution is 2.09. The Kier molecular flexibility index (Phi) is 3.86. The number of anilines is 1. The van der Waals surface area contributed by atoms with Gasteiger partial charge in [-0.2, -0.15) is 0 Å². The third-order valence-electron chi connectivity index (χ3n) is 2.11. The average molecular weight is 246 g/mol. The normalized spacial score (nSPS) is 9.83. The lowest BCUT2D eigenvalue weighted by Gasteiger charge is -2.06. The average Bonchev–Trinajstić information content (AvgIpc) is 2.38. The first-order valence-corrected chi connectivity index (χ1v) is 5.32. The maximum absolute atomic E-state index is 12.9. The van der Waals surface area contributed by atoms with Gasteiger partial charge in [-0.1, -0.05) is 6.07 Å². The summed E-state index contributed by atoms with van der Waals surface area (Å²) in [6, 6.07) is 9.07. The maximum Gasteiger partial charge on any atom is 0.262 e. The quantitative estimate of drug-likeness (QED) is 0.900. The van der Waals surface area contributed by atoms with E-state index in [0.717, 1.165) is 0 Å². The van der Waals surface area contributed by atoms with Crippen molar-refractivity contribution in [2.45, 2.75) is 0 Å². The number of benzene rings is 1. The number of pyridine rings is 1.